The lowest BCUT2D eigenvalue weighted by atomic mass is 9.98. The van der Waals surface area contributed by atoms with Crippen LogP contribution in [0, 0.1) is 0 Å². The van der Waals surface area contributed by atoms with Gasteiger partial charge in [0.1, 0.15) is 17.4 Å². The standard InChI is InChI=1S/C19H22N2O4/c1-5-11-20-14-9-7-8-10-15(14)21(13(4)22)17-16(19(23)24-6-2)12(3)25-18(17)20/h5,7-10,17-18H,1,6,11H2,2-4H3. The molecule has 0 fully saturated rings. The fourth-order valence-corrected chi connectivity index (χ4v) is 3.53. The van der Waals surface area contributed by atoms with E-state index in [0.717, 1.165) is 11.4 Å². The lowest BCUT2D eigenvalue weighted by Crippen LogP contribution is -2.58. The third-order valence-corrected chi connectivity index (χ3v) is 4.44. The number of amides is 1. The van der Waals surface area contributed by atoms with Gasteiger partial charge in [0.2, 0.25) is 5.91 Å². The van der Waals surface area contributed by atoms with Gasteiger partial charge in [-0.05, 0) is 26.0 Å². The number of carbonyl (C=O) groups excluding carboxylic acids is 2. The molecule has 1 aromatic rings. The molecule has 0 aliphatic carbocycles. The molecule has 3 rings (SSSR count). The number of esters is 1. The molecule has 0 bridgehead atoms. The summed E-state index contributed by atoms with van der Waals surface area (Å²) >= 11 is 0. The summed E-state index contributed by atoms with van der Waals surface area (Å²) in [6, 6.07) is 7.05. The summed E-state index contributed by atoms with van der Waals surface area (Å²) in [5.74, 6) is -0.112. The Morgan fingerprint density at radius 3 is 2.60 bits per heavy atom. The minimum atomic E-state index is -0.550. The number of anilines is 2. The lowest BCUT2D eigenvalue weighted by molar-refractivity contribution is -0.138. The van der Waals surface area contributed by atoms with Gasteiger partial charge < -0.3 is 14.4 Å². The van der Waals surface area contributed by atoms with E-state index in [-0.39, 0.29) is 12.5 Å². The molecule has 2 aliphatic rings. The molecule has 0 N–H and O–H groups in total. The topological polar surface area (TPSA) is 59.1 Å². The SMILES string of the molecule is C=CCN1c2ccccc2N(C(C)=O)C2C(C(=O)OCC)=C(C)OC21. The Hall–Kier alpha value is -2.76. The molecule has 2 unspecified atom stereocenters. The zero-order valence-electron chi connectivity index (χ0n) is 14.7. The number of fused-ring (bicyclic) bond motifs is 2. The number of nitrogens with zero attached hydrogens (tertiary/aromatic N) is 2. The van der Waals surface area contributed by atoms with Gasteiger partial charge in [0, 0.05) is 13.5 Å². The number of allylic oxidation sites excluding steroid dienone is 1. The van der Waals surface area contributed by atoms with Crippen LogP contribution in [-0.2, 0) is 19.1 Å². The molecule has 0 spiro atoms. The quantitative estimate of drug-likeness (QED) is 0.622. The van der Waals surface area contributed by atoms with Gasteiger partial charge in [-0.25, -0.2) is 4.79 Å². The molecule has 2 atom stereocenters. The lowest BCUT2D eigenvalue weighted by Gasteiger charge is -2.45. The molecule has 1 aromatic carbocycles. The van der Waals surface area contributed by atoms with Crippen LogP contribution in [0.5, 0.6) is 0 Å². The molecule has 25 heavy (non-hydrogen) atoms. The van der Waals surface area contributed by atoms with Crippen molar-refractivity contribution in [1.29, 1.82) is 0 Å². The zero-order valence-corrected chi connectivity index (χ0v) is 14.7. The molecule has 0 aromatic heterocycles. The number of hydrogen-bond donors (Lipinski definition) is 0. The van der Waals surface area contributed by atoms with E-state index in [1.165, 1.54) is 6.92 Å². The number of rotatable bonds is 4. The van der Waals surface area contributed by atoms with Crippen molar-refractivity contribution in [3.8, 4) is 0 Å². The van der Waals surface area contributed by atoms with E-state index in [1.54, 1.807) is 24.8 Å². The number of carbonyl (C=O) groups is 2. The van der Waals surface area contributed by atoms with Gasteiger partial charge in [-0.15, -0.1) is 6.58 Å². The van der Waals surface area contributed by atoms with E-state index in [2.05, 4.69) is 6.58 Å². The summed E-state index contributed by atoms with van der Waals surface area (Å²) in [4.78, 5) is 28.6. The Balaban J connectivity index is 2.16. The Kier molecular flexibility index (Phi) is 4.53. The van der Waals surface area contributed by atoms with E-state index in [4.69, 9.17) is 9.47 Å². The van der Waals surface area contributed by atoms with Gasteiger partial charge >= 0.3 is 5.97 Å². The largest absolute Gasteiger partial charge is 0.472 e. The molecule has 6 nitrogen and oxygen atoms in total. The smallest absolute Gasteiger partial charge is 0.339 e. The summed E-state index contributed by atoms with van der Waals surface area (Å²) in [6.07, 6.45) is 1.29. The minimum absolute atomic E-state index is 0.152. The highest BCUT2D eigenvalue weighted by Crippen LogP contribution is 2.45. The van der Waals surface area contributed by atoms with E-state index >= 15 is 0 Å². The molecular formula is C19H22N2O4. The van der Waals surface area contributed by atoms with Crippen molar-refractivity contribution in [2.75, 3.05) is 23.0 Å². The van der Waals surface area contributed by atoms with Crippen LogP contribution in [0.15, 0.2) is 48.3 Å². The van der Waals surface area contributed by atoms with Gasteiger partial charge in [-0.1, -0.05) is 18.2 Å². The van der Waals surface area contributed by atoms with E-state index in [0.29, 0.717) is 17.9 Å². The number of para-hydroxylation sites is 2. The third-order valence-electron chi connectivity index (χ3n) is 4.44. The number of hydrogen-bond acceptors (Lipinski definition) is 5. The summed E-state index contributed by atoms with van der Waals surface area (Å²) in [5.41, 5.74) is 2.01. The van der Waals surface area contributed by atoms with Crippen molar-refractivity contribution >= 4 is 23.3 Å². The average molecular weight is 342 g/mol. The Labute approximate surface area is 147 Å². The maximum absolute atomic E-state index is 12.5. The summed E-state index contributed by atoms with van der Waals surface area (Å²) < 4.78 is 11.2. The zero-order chi connectivity index (χ0) is 18.1. The van der Waals surface area contributed by atoms with Crippen LogP contribution in [-0.4, -0.2) is 37.3 Å². The van der Waals surface area contributed by atoms with Crippen LogP contribution < -0.4 is 9.80 Å². The van der Waals surface area contributed by atoms with Crippen LogP contribution in [0.4, 0.5) is 11.4 Å². The Morgan fingerprint density at radius 1 is 1.32 bits per heavy atom. The first kappa shape index (κ1) is 17.1. The third kappa shape index (κ3) is 2.67. The first-order valence-electron chi connectivity index (χ1n) is 8.32. The van der Waals surface area contributed by atoms with Crippen molar-refractivity contribution in [2.45, 2.75) is 33.0 Å². The molecule has 1 amide bonds. The van der Waals surface area contributed by atoms with Crippen molar-refractivity contribution in [2.24, 2.45) is 0 Å². The van der Waals surface area contributed by atoms with Crippen molar-refractivity contribution in [3.05, 3.63) is 48.3 Å². The second kappa shape index (κ2) is 6.63. The normalized spacial score (nSPS) is 21.4. The summed E-state index contributed by atoms with van der Waals surface area (Å²) in [7, 11) is 0. The first-order chi connectivity index (χ1) is 12.0. The monoisotopic (exact) mass is 342 g/mol. The molecule has 0 saturated heterocycles. The minimum Gasteiger partial charge on any atom is -0.472 e. The fraction of sp³-hybridized carbons (Fsp3) is 0.368. The van der Waals surface area contributed by atoms with Crippen molar-refractivity contribution in [3.63, 3.8) is 0 Å². The van der Waals surface area contributed by atoms with Crippen molar-refractivity contribution in [1.82, 2.24) is 0 Å². The van der Waals surface area contributed by atoms with Gasteiger partial charge in [0.25, 0.3) is 0 Å². The van der Waals surface area contributed by atoms with Gasteiger partial charge in [0.05, 0.1) is 18.0 Å². The van der Waals surface area contributed by atoms with Gasteiger partial charge in [-0.3, -0.25) is 9.69 Å². The molecule has 0 saturated carbocycles. The first-order valence-corrected chi connectivity index (χ1v) is 8.32. The summed E-state index contributed by atoms with van der Waals surface area (Å²) in [6.45, 7) is 9.60. The molecule has 2 heterocycles. The van der Waals surface area contributed by atoms with Crippen LogP contribution in [0.2, 0.25) is 0 Å². The van der Waals surface area contributed by atoms with E-state index in [9.17, 15) is 9.59 Å². The van der Waals surface area contributed by atoms with Gasteiger partial charge in [-0.2, -0.15) is 0 Å². The van der Waals surface area contributed by atoms with Crippen LogP contribution in [0.1, 0.15) is 20.8 Å². The van der Waals surface area contributed by atoms with Crippen LogP contribution in [0.25, 0.3) is 0 Å². The highest BCUT2D eigenvalue weighted by Gasteiger charge is 2.51. The van der Waals surface area contributed by atoms with E-state index < -0.39 is 18.2 Å². The van der Waals surface area contributed by atoms with Crippen LogP contribution >= 0.6 is 0 Å². The Bertz CT molecular complexity index is 756. The fourth-order valence-electron chi connectivity index (χ4n) is 3.53. The molecule has 0 radical (unpaired) electrons. The molecule has 132 valence electrons. The number of benzene rings is 1. The van der Waals surface area contributed by atoms with Crippen molar-refractivity contribution < 1.29 is 19.1 Å². The van der Waals surface area contributed by atoms with Gasteiger partial charge in [0.15, 0.2) is 6.23 Å². The highest BCUT2D eigenvalue weighted by molar-refractivity contribution is 6.02. The maximum Gasteiger partial charge on any atom is 0.339 e. The second-order valence-corrected chi connectivity index (χ2v) is 5.96. The summed E-state index contributed by atoms with van der Waals surface area (Å²) in [5, 5.41) is 0. The second-order valence-electron chi connectivity index (χ2n) is 5.96. The molecule has 2 aliphatic heterocycles. The molecular weight excluding hydrogens is 320 g/mol. The Morgan fingerprint density at radius 2 is 2.00 bits per heavy atom. The predicted octanol–water partition coefficient (Wildman–Crippen LogP) is 2.61. The highest BCUT2D eigenvalue weighted by atomic mass is 16.5. The number of ether oxygens (including phenoxy) is 2. The predicted molar refractivity (Wildman–Crippen MR) is 95.1 cm³/mol. The molecule has 6 heteroatoms. The maximum atomic E-state index is 12.5. The van der Waals surface area contributed by atoms with Crippen LogP contribution in [0.3, 0.4) is 0 Å². The van der Waals surface area contributed by atoms with E-state index in [1.807, 2.05) is 29.2 Å². The average Bonchev–Trinajstić information content (AvgIpc) is 2.91.